The highest BCUT2D eigenvalue weighted by Crippen LogP contribution is 2.44. The fourth-order valence-electron chi connectivity index (χ4n) is 5.13. The summed E-state index contributed by atoms with van der Waals surface area (Å²) in [5.74, 6) is -2.74. The summed E-state index contributed by atoms with van der Waals surface area (Å²) in [7, 11) is 0. The highest BCUT2D eigenvalue weighted by atomic mass is 19.4. The van der Waals surface area contributed by atoms with E-state index < -0.39 is 24.3 Å². The van der Waals surface area contributed by atoms with E-state index in [-0.39, 0.29) is 24.5 Å². The number of aliphatic carboxylic acids is 1. The molecule has 2 atom stereocenters. The number of amides is 2. The van der Waals surface area contributed by atoms with Gasteiger partial charge in [-0.3, -0.25) is 9.69 Å². The zero-order valence-electron chi connectivity index (χ0n) is 20.0. The molecule has 11 heteroatoms. The molecule has 0 bridgehead atoms. The van der Waals surface area contributed by atoms with Crippen LogP contribution in [0.25, 0.3) is 11.1 Å². The second-order valence-corrected chi connectivity index (χ2v) is 9.30. The maximum absolute atomic E-state index is 13.0. The number of nitrogens with zero attached hydrogens (tertiary/aromatic N) is 2. The van der Waals surface area contributed by atoms with E-state index in [1.807, 2.05) is 29.2 Å². The van der Waals surface area contributed by atoms with E-state index in [9.17, 15) is 22.8 Å². The third kappa shape index (κ3) is 5.71. The molecule has 37 heavy (non-hydrogen) atoms. The second kappa shape index (κ2) is 10.8. The molecule has 5 rings (SSSR count). The fourth-order valence-corrected chi connectivity index (χ4v) is 5.13. The molecular weight excluding hydrogens is 491 g/mol. The highest BCUT2D eigenvalue weighted by Gasteiger charge is 2.42. The van der Waals surface area contributed by atoms with E-state index in [1.165, 1.54) is 27.2 Å². The first-order valence-electron chi connectivity index (χ1n) is 12.0. The van der Waals surface area contributed by atoms with Gasteiger partial charge in [0.05, 0.1) is 0 Å². The van der Waals surface area contributed by atoms with Crippen LogP contribution in [0.1, 0.15) is 36.3 Å². The molecule has 3 aliphatic rings. The predicted octanol–water partition coefficient (Wildman–Crippen LogP) is 3.59. The lowest BCUT2D eigenvalue weighted by molar-refractivity contribution is -0.192. The SMILES string of the molecule is N[C@H]1C[C@@H](C(=O)N2CCCC2)N(C(=O)OCC2c3ccccc3-c3ccccc32)C1.O=C(O)C(F)(F)F. The van der Waals surface area contributed by atoms with Crippen molar-refractivity contribution in [2.75, 3.05) is 26.2 Å². The van der Waals surface area contributed by atoms with Gasteiger partial charge in [0.2, 0.25) is 5.91 Å². The van der Waals surface area contributed by atoms with Crippen LogP contribution in [0.4, 0.5) is 18.0 Å². The van der Waals surface area contributed by atoms with Crippen LogP contribution in [0.2, 0.25) is 0 Å². The van der Waals surface area contributed by atoms with E-state index in [1.54, 1.807) is 0 Å². The topological polar surface area (TPSA) is 113 Å². The van der Waals surface area contributed by atoms with E-state index in [0.717, 1.165) is 25.9 Å². The number of hydrogen-bond acceptors (Lipinski definition) is 5. The minimum Gasteiger partial charge on any atom is -0.475 e. The van der Waals surface area contributed by atoms with Gasteiger partial charge in [0.15, 0.2) is 0 Å². The monoisotopic (exact) mass is 519 g/mol. The van der Waals surface area contributed by atoms with Gasteiger partial charge in [-0.25, -0.2) is 9.59 Å². The third-order valence-corrected chi connectivity index (χ3v) is 6.85. The summed E-state index contributed by atoms with van der Waals surface area (Å²) in [6, 6.07) is 15.8. The lowest BCUT2D eigenvalue weighted by Gasteiger charge is -2.27. The Morgan fingerprint density at radius 1 is 0.973 bits per heavy atom. The van der Waals surface area contributed by atoms with Crippen LogP contribution in [0.5, 0.6) is 0 Å². The lowest BCUT2D eigenvalue weighted by atomic mass is 9.98. The Morgan fingerprint density at radius 2 is 1.49 bits per heavy atom. The maximum atomic E-state index is 13.0. The number of carboxylic acid groups (broad SMARTS) is 1. The number of ether oxygens (including phenoxy) is 1. The molecule has 2 fully saturated rings. The molecule has 2 aromatic rings. The van der Waals surface area contributed by atoms with Gasteiger partial charge in [0.25, 0.3) is 0 Å². The summed E-state index contributed by atoms with van der Waals surface area (Å²) in [5, 5.41) is 7.12. The number of carbonyl (C=O) groups excluding carboxylic acids is 2. The minimum atomic E-state index is -5.08. The van der Waals surface area contributed by atoms with E-state index >= 15 is 0 Å². The molecule has 0 aromatic heterocycles. The normalized spacial score (nSPS) is 20.6. The Hall–Kier alpha value is -3.60. The molecular formula is C26H28F3N3O5. The number of halogens is 3. The van der Waals surface area contributed by atoms with Crippen LogP contribution in [0.3, 0.4) is 0 Å². The van der Waals surface area contributed by atoms with Gasteiger partial charge in [0, 0.05) is 31.6 Å². The smallest absolute Gasteiger partial charge is 0.475 e. The highest BCUT2D eigenvalue weighted by molar-refractivity contribution is 5.87. The number of fused-ring (bicyclic) bond motifs is 3. The quantitative estimate of drug-likeness (QED) is 0.641. The molecule has 1 aliphatic carbocycles. The van der Waals surface area contributed by atoms with Gasteiger partial charge in [0.1, 0.15) is 12.6 Å². The van der Waals surface area contributed by atoms with E-state index in [2.05, 4.69) is 24.3 Å². The van der Waals surface area contributed by atoms with Gasteiger partial charge in [-0.05, 0) is 41.5 Å². The van der Waals surface area contributed by atoms with Crippen molar-refractivity contribution in [2.45, 2.75) is 43.4 Å². The number of alkyl halides is 3. The van der Waals surface area contributed by atoms with Gasteiger partial charge in [-0.1, -0.05) is 48.5 Å². The molecule has 8 nitrogen and oxygen atoms in total. The Labute approximate surface area is 211 Å². The van der Waals surface area contributed by atoms with Crippen molar-refractivity contribution in [3.05, 3.63) is 59.7 Å². The second-order valence-electron chi connectivity index (χ2n) is 9.30. The fraction of sp³-hybridized carbons (Fsp3) is 0.423. The van der Waals surface area contributed by atoms with Crippen LogP contribution in [-0.2, 0) is 14.3 Å². The molecule has 2 aliphatic heterocycles. The molecule has 2 aromatic carbocycles. The average Bonchev–Trinajstić information content (AvgIpc) is 3.60. The number of nitrogens with two attached hydrogens (primary N) is 1. The number of hydrogen-bond donors (Lipinski definition) is 2. The molecule has 0 saturated carbocycles. The summed E-state index contributed by atoms with van der Waals surface area (Å²) >= 11 is 0. The van der Waals surface area contributed by atoms with Crippen molar-refractivity contribution in [1.82, 2.24) is 9.80 Å². The zero-order chi connectivity index (χ0) is 26.7. The first kappa shape index (κ1) is 26.5. The minimum absolute atomic E-state index is 0.00496. The Morgan fingerprint density at radius 3 is 2.00 bits per heavy atom. The maximum Gasteiger partial charge on any atom is 0.490 e. The summed E-state index contributed by atoms with van der Waals surface area (Å²) in [6.45, 7) is 2.15. The molecule has 0 radical (unpaired) electrons. The number of carboxylic acids is 1. The Balaban J connectivity index is 0.000000405. The number of rotatable bonds is 3. The molecule has 3 N–H and O–H groups in total. The van der Waals surface area contributed by atoms with E-state index in [4.69, 9.17) is 20.4 Å². The third-order valence-electron chi connectivity index (χ3n) is 6.85. The molecule has 198 valence electrons. The van der Waals surface area contributed by atoms with Crippen molar-refractivity contribution >= 4 is 18.0 Å². The lowest BCUT2D eigenvalue weighted by Crippen LogP contribution is -2.47. The van der Waals surface area contributed by atoms with Gasteiger partial charge < -0.3 is 20.5 Å². The molecule has 2 amide bonds. The van der Waals surface area contributed by atoms with Crippen molar-refractivity contribution in [2.24, 2.45) is 5.73 Å². The summed E-state index contributed by atoms with van der Waals surface area (Å²) < 4.78 is 37.5. The van der Waals surface area contributed by atoms with Crippen LogP contribution in [-0.4, -0.2) is 77.4 Å². The Kier molecular flexibility index (Phi) is 7.72. The predicted molar refractivity (Wildman–Crippen MR) is 128 cm³/mol. The van der Waals surface area contributed by atoms with E-state index in [0.29, 0.717) is 13.0 Å². The van der Waals surface area contributed by atoms with Crippen molar-refractivity contribution in [3.63, 3.8) is 0 Å². The molecule has 0 spiro atoms. The number of carbonyl (C=O) groups is 3. The average molecular weight is 520 g/mol. The van der Waals surface area contributed by atoms with Crippen LogP contribution in [0, 0.1) is 0 Å². The van der Waals surface area contributed by atoms with Crippen LogP contribution >= 0.6 is 0 Å². The molecule has 2 heterocycles. The molecule has 2 saturated heterocycles. The first-order chi connectivity index (χ1) is 17.6. The Bertz CT molecular complexity index is 1120. The van der Waals surface area contributed by atoms with Crippen LogP contribution in [0.15, 0.2) is 48.5 Å². The van der Waals surface area contributed by atoms with Gasteiger partial charge in [-0.15, -0.1) is 0 Å². The summed E-state index contributed by atoms with van der Waals surface area (Å²) in [4.78, 5) is 38.2. The first-order valence-corrected chi connectivity index (χ1v) is 12.0. The molecule has 0 unspecified atom stereocenters. The summed E-state index contributed by atoms with van der Waals surface area (Å²) in [5.41, 5.74) is 10.9. The van der Waals surface area contributed by atoms with Crippen LogP contribution < -0.4 is 5.73 Å². The number of likely N-dealkylation sites (tertiary alicyclic amines) is 2. The van der Waals surface area contributed by atoms with Crippen molar-refractivity contribution in [3.8, 4) is 11.1 Å². The standard InChI is InChI=1S/C24H27N3O3.C2HF3O2/c25-16-13-22(23(28)26-11-5-6-12-26)27(14-16)24(29)30-15-21-19-9-3-1-7-17(19)18-8-2-4-10-20(18)21;3-2(4,5)1(6)7/h1-4,7-10,16,21-22H,5-6,11-15,25H2;(H,6,7)/t16-,22-;/m0./s1. The summed E-state index contributed by atoms with van der Waals surface area (Å²) in [6.07, 6.45) is -2.98. The van der Waals surface area contributed by atoms with Crippen molar-refractivity contribution < 1.29 is 37.4 Å². The van der Waals surface area contributed by atoms with Crippen molar-refractivity contribution in [1.29, 1.82) is 0 Å². The van der Waals surface area contributed by atoms with Gasteiger partial charge >= 0.3 is 18.2 Å². The largest absolute Gasteiger partial charge is 0.490 e. The zero-order valence-corrected chi connectivity index (χ0v) is 20.0. The number of benzene rings is 2. The van der Waals surface area contributed by atoms with Gasteiger partial charge in [-0.2, -0.15) is 13.2 Å².